The molecule has 0 unspecified atom stereocenters. The Morgan fingerprint density at radius 2 is 1.95 bits per heavy atom. The van der Waals surface area contributed by atoms with Gasteiger partial charge < -0.3 is 9.47 Å². The number of hydrogen-bond donors (Lipinski definition) is 0. The number of aryl methyl sites for hydroxylation is 2. The number of methoxy groups -OCH3 is 2. The first-order valence-corrected chi connectivity index (χ1v) is 6.30. The Hall–Kier alpha value is -2.63. The first kappa shape index (κ1) is 14.8. The predicted molar refractivity (Wildman–Crippen MR) is 77.8 cm³/mol. The van der Waals surface area contributed by atoms with E-state index in [4.69, 9.17) is 4.74 Å². The Labute approximate surface area is 122 Å². The Morgan fingerprint density at radius 3 is 2.57 bits per heavy atom. The summed E-state index contributed by atoms with van der Waals surface area (Å²) in [4.78, 5) is 23.3. The quantitative estimate of drug-likeness (QED) is 0.637. The van der Waals surface area contributed by atoms with Crippen molar-refractivity contribution in [3.8, 4) is 0 Å². The van der Waals surface area contributed by atoms with Crippen molar-refractivity contribution in [2.75, 3.05) is 14.2 Å². The van der Waals surface area contributed by atoms with Gasteiger partial charge in [-0.15, -0.1) is 0 Å². The van der Waals surface area contributed by atoms with E-state index in [-0.39, 0.29) is 0 Å². The van der Waals surface area contributed by atoms with Gasteiger partial charge in [0.2, 0.25) is 0 Å². The standard InChI is InChI=1S/C15H16N2O4/c1-9-13-11(16-17(9)2)7-5-10(6-8-12(18)20-3)14(13)15(19)21-4/h5-8H,1-4H3. The van der Waals surface area contributed by atoms with Gasteiger partial charge in [0.1, 0.15) is 0 Å². The van der Waals surface area contributed by atoms with Gasteiger partial charge in [-0.05, 0) is 24.6 Å². The molecule has 6 nitrogen and oxygen atoms in total. The van der Waals surface area contributed by atoms with Gasteiger partial charge in [0.15, 0.2) is 0 Å². The van der Waals surface area contributed by atoms with Crippen molar-refractivity contribution in [3.05, 3.63) is 35.0 Å². The van der Waals surface area contributed by atoms with Crippen molar-refractivity contribution in [1.29, 1.82) is 0 Å². The molecule has 2 aromatic rings. The van der Waals surface area contributed by atoms with Crippen LogP contribution >= 0.6 is 0 Å². The molecule has 6 heteroatoms. The molecular weight excluding hydrogens is 272 g/mol. The molecule has 1 heterocycles. The molecule has 0 fully saturated rings. The third kappa shape index (κ3) is 2.65. The number of fused-ring (bicyclic) bond motifs is 1. The monoisotopic (exact) mass is 288 g/mol. The molecule has 0 amide bonds. The minimum atomic E-state index is -0.492. The van der Waals surface area contributed by atoms with E-state index in [1.165, 1.54) is 26.4 Å². The van der Waals surface area contributed by atoms with E-state index < -0.39 is 11.9 Å². The molecule has 0 saturated heterocycles. The van der Waals surface area contributed by atoms with E-state index in [2.05, 4.69) is 9.84 Å². The van der Waals surface area contributed by atoms with Crippen molar-refractivity contribution in [1.82, 2.24) is 9.78 Å². The Bertz CT molecular complexity index is 744. The van der Waals surface area contributed by atoms with Crippen molar-refractivity contribution in [3.63, 3.8) is 0 Å². The molecule has 1 aromatic carbocycles. The van der Waals surface area contributed by atoms with Crippen molar-refractivity contribution in [2.45, 2.75) is 6.92 Å². The van der Waals surface area contributed by atoms with Crippen LogP contribution in [0.4, 0.5) is 0 Å². The average Bonchev–Trinajstić information content (AvgIpc) is 2.78. The van der Waals surface area contributed by atoms with E-state index in [0.29, 0.717) is 16.6 Å². The lowest BCUT2D eigenvalue weighted by Gasteiger charge is -2.06. The number of esters is 2. The number of rotatable bonds is 3. The topological polar surface area (TPSA) is 70.4 Å². The van der Waals surface area contributed by atoms with E-state index in [0.717, 1.165) is 11.1 Å². The molecular formula is C15H16N2O4. The van der Waals surface area contributed by atoms with Gasteiger partial charge >= 0.3 is 11.9 Å². The van der Waals surface area contributed by atoms with Crippen LogP contribution in [0.25, 0.3) is 17.0 Å². The molecule has 0 bridgehead atoms. The van der Waals surface area contributed by atoms with Gasteiger partial charge in [-0.3, -0.25) is 4.68 Å². The first-order chi connectivity index (χ1) is 9.99. The number of ether oxygens (including phenoxy) is 2. The summed E-state index contributed by atoms with van der Waals surface area (Å²) in [5, 5.41) is 5.05. The van der Waals surface area contributed by atoms with Crippen molar-refractivity contribution < 1.29 is 19.1 Å². The second-order valence-corrected chi connectivity index (χ2v) is 4.48. The minimum absolute atomic E-state index is 0.390. The molecule has 0 aliphatic carbocycles. The van der Waals surface area contributed by atoms with Crippen LogP contribution in [-0.2, 0) is 21.3 Å². The third-order valence-corrected chi connectivity index (χ3v) is 3.31. The lowest BCUT2D eigenvalue weighted by molar-refractivity contribution is -0.134. The molecule has 110 valence electrons. The molecule has 0 radical (unpaired) electrons. The summed E-state index contributed by atoms with van der Waals surface area (Å²) >= 11 is 0. The molecule has 0 aliphatic heterocycles. The van der Waals surface area contributed by atoms with Crippen LogP contribution in [0.15, 0.2) is 18.2 Å². The van der Waals surface area contributed by atoms with Gasteiger partial charge in [0.25, 0.3) is 0 Å². The molecule has 2 rings (SSSR count). The van der Waals surface area contributed by atoms with Crippen molar-refractivity contribution >= 4 is 28.9 Å². The number of benzene rings is 1. The largest absolute Gasteiger partial charge is 0.466 e. The van der Waals surface area contributed by atoms with Crippen LogP contribution in [0.3, 0.4) is 0 Å². The molecule has 21 heavy (non-hydrogen) atoms. The second kappa shape index (κ2) is 5.78. The maximum Gasteiger partial charge on any atom is 0.339 e. The second-order valence-electron chi connectivity index (χ2n) is 4.48. The fourth-order valence-electron chi connectivity index (χ4n) is 2.14. The van der Waals surface area contributed by atoms with Gasteiger partial charge in [0, 0.05) is 24.2 Å². The summed E-state index contributed by atoms with van der Waals surface area (Å²) in [6.07, 6.45) is 2.79. The zero-order valence-corrected chi connectivity index (χ0v) is 12.3. The van der Waals surface area contributed by atoms with Crippen LogP contribution in [0.2, 0.25) is 0 Å². The van der Waals surface area contributed by atoms with E-state index >= 15 is 0 Å². The average molecular weight is 288 g/mol. The summed E-state index contributed by atoms with van der Waals surface area (Å²) in [6, 6.07) is 3.52. The molecule has 0 N–H and O–H groups in total. The predicted octanol–water partition coefficient (Wildman–Crippen LogP) is 1.85. The Kier molecular flexibility index (Phi) is 4.07. The summed E-state index contributed by atoms with van der Waals surface area (Å²) < 4.78 is 11.1. The molecule has 0 spiro atoms. The normalized spacial score (nSPS) is 11.0. The zero-order valence-electron chi connectivity index (χ0n) is 12.3. The summed E-state index contributed by atoms with van der Waals surface area (Å²) in [7, 11) is 4.42. The Balaban J connectivity index is 2.70. The molecule has 0 aliphatic rings. The fraction of sp³-hybridized carbons (Fsp3) is 0.267. The van der Waals surface area contributed by atoms with Crippen molar-refractivity contribution in [2.24, 2.45) is 7.05 Å². The lowest BCUT2D eigenvalue weighted by Crippen LogP contribution is -2.05. The van der Waals surface area contributed by atoms with Crippen LogP contribution < -0.4 is 0 Å². The van der Waals surface area contributed by atoms with E-state index in [9.17, 15) is 9.59 Å². The summed E-state index contributed by atoms with van der Waals surface area (Å²) in [5.74, 6) is -0.963. The smallest absolute Gasteiger partial charge is 0.339 e. The summed E-state index contributed by atoms with van der Waals surface area (Å²) in [6.45, 7) is 1.87. The SMILES string of the molecule is COC(=O)C=Cc1ccc2nn(C)c(C)c2c1C(=O)OC. The number of carbonyl (C=O) groups excluding carboxylic acids is 2. The van der Waals surface area contributed by atoms with Gasteiger partial charge in [-0.2, -0.15) is 5.10 Å². The van der Waals surface area contributed by atoms with Crippen LogP contribution in [0.1, 0.15) is 21.6 Å². The maximum absolute atomic E-state index is 12.1. The maximum atomic E-state index is 12.1. The van der Waals surface area contributed by atoms with Crippen LogP contribution in [0.5, 0.6) is 0 Å². The van der Waals surface area contributed by atoms with Gasteiger partial charge in [0.05, 0.1) is 25.3 Å². The highest BCUT2D eigenvalue weighted by molar-refractivity contribution is 6.08. The first-order valence-electron chi connectivity index (χ1n) is 6.30. The zero-order chi connectivity index (χ0) is 15.6. The van der Waals surface area contributed by atoms with Gasteiger partial charge in [-0.1, -0.05) is 6.07 Å². The molecule has 0 saturated carbocycles. The van der Waals surface area contributed by atoms with E-state index in [1.807, 2.05) is 6.92 Å². The van der Waals surface area contributed by atoms with E-state index in [1.54, 1.807) is 23.9 Å². The molecule has 1 aromatic heterocycles. The third-order valence-electron chi connectivity index (χ3n) is 3.31. The minimum Gasteiger partial charge on any atom is -0.466 e. The van der Waals surface area contributed by atoms with Crippen LogP contribution in [0, 0.1) is 6.92 Å². The number of carbonyl (C=O) groups is 2. The number of aromatic nitrogens is 2. The highest BCUT2D eigenvalue weighted by Gasteiger charge is 2.19. The summed E-state index contributed by atoms with van der Waals surface area (Å²) in [5.41, 5.74) is 2.51. The lowest BCUT2D eigenvalue weighted by atomic mass is 10.0. The highest BCUT2D eigenvalue weighted by atomic mass is 16.5. The molecule has 0 atom stereocenters. The Morgan fingerprint density at radius 1 is 1.24 bits per heavy atom. The van der Waals surface area contributed by atoms with Gasteiger partial charge in [-0.25, -0.2) is 9.59 Å². The van der Waals surface area contributed by atoms with Crippen LogP contribution in [-0.4, -0.2) is 35.9 Å². The number of hydrogen-bond acceptors (Lipinski definition) is 5. The number of nitrogens with zero attached hydrogens (tertiary/aromatic N) is 2. The fourth-order valence-corrected chi connectivity index (χ4v) is 2.14. The highest BCUT2D eigenvalue weighted by Crippen LogP contribution is 2.26.